The lowest BCUT2D eigenvalue weighted by Crippen LogP contribution is -2.29. The average molecular weight is 1450 g/mol. The summed E-state index contributed by atoms with van der Waals surface area (Å²) in [5.41, 5.74) is 14.2. The number of hydrogen-bond donors (Lipinski definition) is 5. The van der Waals surface area contributed by atoms with Gasteiger partial charge in [0.05, 0.1) is 77.7 Å². The van der Waals surface area contributed by atoms with E-state index in [0.717, 1.165) is 18.9 Å². The number of nitrogens with one attached hydrogen (secondary N) is 1. The second-order valence-corrected chi connectivity index (χ2v) is 20.8. The van der Waals surface area contributed by atoms with Crippen molar-refractivity contribution in [3.63, 3.8) is 0 Å². The first-order chi connectivity index (χ1) is 41.7. The highest BCUT2D eigenvalue weighted by Gasteiger charge is 2.18. The third-order valence-electron chi connectivity index (χ3n) is 11.2. The number of ether oxygens (including phenoxy) is 5. The number of rotatable bonds is 12. The van der Waals surface area contributed by atoms with Gasteiger partial charge in [0, 0.05) is 30.9 Å². The number of anilines is 4. The first-order valence-corrected chi connectivity index (χ1v) is 28.6. The van der Waals surface area contributed by atoms with Gasteiger partial charge in [0.15, 0.2) is 11.4 Å². The summed E-state index contributed by atoms with van der Waals surface area (Å²) in [4.78, 5) is 43.0. The zero-order valence-electron chi connectivity index (χ0n) is 46.2. The minimum atomic E-state index is -1.59. The number of halogens is 9. The molecule has 1 fully saturated rings. The monoisotopic (exact) mass is 1440 g/mol. The van der Waals surface area contributed by atoms with Crippen molar-refractivity contribution in [1.82, 2.24) is 54.8 Å². The van der Waals surface area contributed by atoms with Crippen LogP contribution in [-0.2, 0) is 0 Å². The third-order valence-corrected chi connectivity index (χ3v) is 13.8. The lowest BCUT2D eigenvalue weighted by Gasteiger charge is -2.22. The predicted molar refractivity (Wildman–Crippen MR) is 335 cm³/mol. The summed E-state index contributed by atoms with van der Waals surface area (Å²) in [6.07, 6.45) is 15.2. The Morgan fingerprint density at radius 2 is 1.09 bits per heavy atom. The average Bonchev–Trinajstić information content (AvgIpc) is 3.48. The van der Waals surface area contributed by atoms with Crippen molar-refractivity contribution in [2.24, 2.45) is 5.92 Å². The molecule has 10 rings (SSSR count). The molecular formula is C55H51BBr3Cl3F3N15O7. The van der Waals surface area contributed by atoms with Crippen LogP contribution in [0.5, 0.6) is 29.3 Å². The molecule has 0 atom stereocenters. The van der Waals surface area contributed by atoms with Gasteiger partial charge >= 0.3 is 7.12 Å². The summed E-state index contributed by atoms with van der Waals surface area (Å²) in [5, 5.41) is 30.2. The van der Waals surface area contributed by atoms with Gasteiger partial charge < -0.3 is 50.5 Å². The number of aromatic nitrogens is 11. The van der Waals surface area contributed by atoms with Crippen LogP contribution in [0.4, 0.5) is 36.7 Å². The highest BCUT2D eigenvalue weighted by atomic mass is 79.9. The van der Waals surface area contributed by atoms with Crippen LogP contribution in [-0.4, -0.2) is 107 Å². The Labute approximate surface area is 537 Å². The normalized spacial score (nSPS) is 11.2. The first kappa shape index (κ1) is 70.0. The molecule has 454 valence electrons. The van der Waals surface area contributed by atoms with Crippen molar-refractivity contribution < 1.29 is 46.9 Å². The molecule has 0 saturated heterocycles. The van der Waals surface area contributed by atoms with Crippen LogP contribution >= 0.6 is 82.6 Å². The van der Waals surface area contributed by atoms with Gasteiger partial charge in [-0.1, -0.05) is 67.3 Å². The zero-order valence-corrected chi connectivity index (χ0v) is 53.3. The van der Waals surface area contributed by atoms with Crippen molar-refractivity contribution >= 4 is 119 Å². The number of pyridine rings is 1. The molecular weight excluding hydrogens is 1400 g/mol. The first-order valence-electron chi connectivity index (χ1n) is 25.1. The van der Waals surface area contributed by atoms with E-state index in [-0.39, 0.29) is 51.2 Å². The van der Waals surface area contributed by atoms with Gasteiger partial charge in [0.1, 0.15) is 28.7 Å². The second-order valence-electron chi connectivity index (χ2n) is 17.2. The number of nitrogen functional groups attached to an aromatic ring is 2. The number of nitriles is 1. The van der Waals surface area contributed by atoms with E-state index < -0.39 is 12.9 Å². The van der Waals surface area contributed by atoms with Crippen LogP contribution in [0.25, 0.3) is 22.3 Å². The highest BCUT2D eigenvalue weighted by Crippen LogP contribution is 2.32. The van der Waals surface area contributed by atoms with Crippen molar-refractivity contribution in [2.45, 2.75) is 32.1 Å². The number of methoxy groups -OCH3 is 4. The Balaban J connectivity index is 0.000000209. The van der Waals surface area contributed by atoms with E-state index in [4.69, 9.17) is 80.0 Å². The molecule has 0 amide bonds. The van der Waals surface area contributed by atoms with E-state index in [1.807, 2.05) is 0 Å². The molecule has 0 unspecified atom stereocenters. The molecule has 6 heterocycles. The molecule has 0 aliphatic heterocycles. The van der Waals surface area contributed by atoms with E-state index in [2.05, 4.69) is 114 Å². The minimum absolute atomic E-state index is 0.122. The van der Waals surface area contributed by atoms with Crippen LogP contribution < -0.4 is 45.9 Å². The van der Waals surface area contributed by atoms with Gasteiger partial charge in [-0.2, -0.15) is 25.2 Å². The van der Waals surface area contributed by atoms with Crippen molar-refractivity contribution in [2.75, 3.05) is 51.8 Å². The Bertz CT molecular complexity index is 3680. The molecule has 32 heteroatoms. The topological polar surface area (TPSA) is 316 Å². The maximum absolute atomic E-state index is 13.6. The Kier molecular flexibility index (Phi) is 29.2. The molecule has 3 aromatic carbocycles. The van der Waals surface area contributed by atoms with Crippen molar-refractivity contribution in [3.8, 4) is 57.6 Å². The van der Waals surface area contributed by atoms with Gasteiger partial charge in [-0.15, -0.1) is 0 Å². The molecule has 1 aliphatic carbocycles. The molecule has 0 spiro atoms. The largest absolute Gasteiger partial charge is 0.490 e. The van der Waals surface area contributed by atoms with E-state index >= 15 is 0 Å². The van der Waals surface area contributed by atoms with Gasteiger partial charge in [0.2, 0.25) is 51.9 Å². The summed E-state index contributed by atoms with van der Waals surface area (Å²) in [5.74, 6) is 1.96. The second kappa shape index (κ2) is 36.4. The molecule has 6 aromatic heterocycles. The fraction of sp³-hybridized carbons (Fsp3) is 0.200. The van der Waals surface area contributed by atoms with E-state index in [1.165, 1.54) is 115 Å². The quantitative estimate of drug-likeness (QED) is 0.0431. The van der Waals surface area contributed by atoms with Crippen LogP contribution in [0, 0.1) is 34.7 Å². The molecule has 1 aliphatic rings. The van der Waals surface area contributed by atoms with Crippen LogP contribution in [0.3, 0.4) is 0 Å². The molecule has 9 aromatic rings. The van der Waals surface area contributed by atoms with Crippen LogP contribution in [0.15, 0.2) is 129 Å². The number of nitrogens with two attached hydrogens (primary N) is 2. The molecule has 7 N–H and O–H groups in total. The minimum Gasteiger partial charge on any atom is -0.490 e. The number of hydrogen-bond acceptors (Lipinski definition) is 22. The van der Waals surface area contributed by atoms with Crippen molar-refractivity contribution in [1.29, 1.82) is 5.26 Å². The predicted octanol–water partition coefficient (Wildman–Crippen LogP) is 11.9. The Morgan fingerprint density at radius 1 is 0.598 bits per heavy atom. The molecule has 22 nitrogen and oxygen atoms in total. The third kappa shape index (κ3) is 23.4. The fourth-order valence-electron chi connectivity index (χ4n) is 7.20. The maximum Gasteiger partial charge on any atom is 0.488 e. The SMILES string of the molecule is COc1nc(Cl)ncc1Br.COc1nc(N)ncc1-c1cccc(F)c1.COc1nc(N)ncc1Br.COc1nc(Nc2cnc(C#N)c(OCC3CCCCC3)c2)ncc1-c1cccc(F)c1.Clc1ncc(Br)c(Cl)n1.OB(O)c1cccc(F)c1. The summed E-state index contributed by atoms with van der Waals surface area (Å²) < 4.78 is 67.1. The van der Waals surface area contributed by atoms with Gasteiger partial charge in [-0.05, 0) is 143 Å². The lowest BCUT2D eigenvalue weighted by molar-refractivity contribution is 0.208. The van der Waals surface area contributed by atoms with Crippen LogP contribution in [0.1, 0.15) is 37.8 Å². The van der Waals surface area contributed by atoms with Crippen LogP contribution in [0.2, 0.25) is 15.7 Å². The lowest BCUT2D eigenvalue weighted by atomic mass is 9.80. The standard InChI is InChI=1S/C24H24FN5O2.C11H10FN3O.C6H6BFO2.C5H4BrClN2O.C5H6BrN3O.C4HBrCl2N2/c1-31-23-20(17-8-5-9-18(25)10-17)14-28-24(30-23)29-19-11-22(21(12-26)27-13-19)32-15-16-6-3-2-4-7-16;1-16-10-9(6-14-11(13)15-10)7-3-2-4-8(12)5-7;8-6-3-1-2-5(4-6)7(9)10;2*1-10-4-3(6)2-8-5(7)9-4;5-2-1-8-4(7)9-3(2)6/h5,8-11,13-14,16H,2-4,6-7,15H2,1H3,(H,28,29,30);2-6H,1H3,(H2,13,14,15);1-4,9-10H;2H,1H3;2H,1H3,(H2,7,8,9);1H. The Morgan fingerprint density at radius 3 is 1.59 bits per heavy atom. The zero-order chi connectivity index (χ0) is 63.4. The molecule has 1 saturated carbocycles. The summed E-state index contributed by atoms with van der Waals surface area (Å²) in [7, 11) is 4.42. The molecule has 0 bridgehead atoms. The van der Waals surface area contributed by atoms with Gasteiger partial charge in [-0.25, -0.2) is 48.1 Å². The molecule has 87 heavy (non-hydrogen) atoms. The van der Waals surface area contributed by atoms with E-state index in [1.54, 1.807) is 42.7 Å². The Hall–Kier alpha value is -7.82. The van der Waals surface area contributed by atoms with Gasteiger partial charge in [0.25, 0.3) is 0 Å². The fourth-order valence-corrected chi connectivity index (χ4v) is 8.53. The van der Waals surface area contributed by atoms with E-state index in [0.29, 0.717) is 88.3 Å². The maximum atomic E-state index is 13.6. The molecule has 0 radical (unpaired) electrons. The highest BCUT2D eigenvalue weighted by molar-refractivity contribution is 9.11. The number of benzene rings is 3. The summed E-state index contributed by atoms with van der Waals surface area (Å²) in [6, 6.07) is 21.2. The smallest absolute Gasteiger partial charge is 0.488 e. The van der Waals surface area contributed by atoms with Crippen molar-refractivity contribution in [3.05, 3.63) is 168 Å². The van der Waals surface area contributed by atoms with E-state index in [9.17, 15) is 18.4 Å². The summed E-state index contributed by atoms with van der Waals surface area (Å²) >= 11 is 25.9. The number of nitrogens with zero attached hydrogens (tertiary/aromatic N) is 12. The van der Waals surface area contributed by atoms with Gasteiger partial charge in [-0.3, -0.25) is 0 Å². The summed E-state index contributed by atoms with van der Waals surface area (Å²) in [6.45, 7) is 0.576.